The molecular weight excluding hydrogens is 272 g/mol. The second-order valence-electron chi connectivity index (χ2n) is 4.89. The van der Waals surface area contributed by atoms with Gasteiger partial charge in [0, 0.05) is 17.6 Å². The average Bonchev–Trinajstić information content (AvgIpc) is 3.10. The van der Waals surface area contributed by atoms with Gasteiger partial charge in [-0.25, -0.2) is 4.98 Å². The topological polar surface area (TPSA) is 51.2 Å². The molecule has 1 atom stereocenters. The van der Waals surface area contributed by atoms with E-state index in [4.69, 9.17) is 4.74 Å². The van der Waals surface area contributed by atoms with Crippen LogP contribution in [0.25, 0.3) is 11.3 Å². The molecule has 1 saturated heterocycles. The van der Waals surface area contributed by atoms with Gasteiger partial charge in [-0.1, -0.05) is 29.8 Å². The van der Waals surface area contributed by atoms with E-state index < -0.39 is 0 Å². The van der Waals surface area contributed by atoms with Crippen LogP contribution in [0.5, 0.6) is 0 Å². The summed E-state index contributed by atoms with van der Waals surface area (Å²) in [5.74, 6) is -0.0905. The van der Waals surface area contributed by atoms with Gasteiger partial charge in [0.1, 0.15) is 6.10 Å². The smallest absolute Gasteiger partial charge is 0.255 e. The summed E-state index contributed by atoms with van der Waals surface area (Å²) in [4.78, 5) is 16.4. The Morgan fingerprint density at radius 2 is 2.20 bits per heavy atom. The third-order valence-corrected chi connectivity index (χ3v) is 4.06. The number of hydrogen-bond acceptors (Lipinski definition) is 4. The summed E-state index contributed by atoms with van der Waals surface area (Å²) in [5, 5.41) is 5.41. The van der Waals surface area contributed by atoms with Crippen molar-refractivity contribution < 1.29 is 9.53 Å². The highest BCUT2D eigenvalue weighted by atomic mass is 32.1. The molecular formula is C15H16N2O2S. The third kappa shape index (κ3) is 2.89. The van der Waals surface area contributed by atoms with Crippen LogP contribution in [-0.2, 0) is 9.53 Å². The molecule has 0 spiro atoms. The van der Waals surface area contributed by atoms with Crippen LogP contribution in [0.4, 0.5) is 5.13 Å². The Balaban J connectivity index is 1.70. The first-order valence-corrected chi connectivity index (χ1v) is 7.55. The van der Waals surface area contributed by atoms with E-state index in [-0.39, 0.29) is 12.0 Å². The van der Waals surface area contributed by atoms with Crippen LogP contribution in [0.3, 0.4) is 0 Å². The number of thiazole rings is 1. The van der Waals surface area contributed by atoms with E-state index in [9.17, 15) is 4.79 Å². The number of aryl methyl sites for hydroxylation is 1. The number of benzene rings is 1. The summed E-state index contributed by atoms with van der Waals surface area (Å²) in [7, 11) is 0. The first-order chi connectivity index (χ1) is 9.72. The normalized spacial score (nSPS) is 18.1. The largest absolute Gasteiger partial charge is 0.368 e. The number of nitrogens with zero attached hydrogens (tertiary/aromatic N) is 1. The molecule has 1 N–H and O–H groups in total. The molecule has 0 unspecified atom stereocenters. The molecule has 1 fully saturated rings. The van der Waals surface area contributed by atoms with Gasteiger partial charge in [0.25, 0.3) is 5.91 Å². The van der Waals surface area contributed by atoms with Crippen molar-refractivity contribution in [2.45, 2.75) is 25.9 Å². The minimum atomic E-state index is -0.318. The lowest BCUT2D eigenvalue weighted by Gasteiger charge is -2.07. The molecule has 4 nitrogen and oxygen atoms in total. The predicted molar refractivity (Wildman–Crippen MR) is 79.9 cm³/mol. The van der Waals surface area contributed by atoms with Gasteiger partial charge in [-0.05, 0) is 19.8 Å². The summed E-state index contributed by atoms with van der Waals surface area (Å²) in [5.41, 5.74) is 3.16. The van der Waals surface area contributed by atoms with Gasteiger partial charge in [0.05, 0.1) is 5.69 Å². The molecule has 104 valence electrons. The maximum Gasteiger partial charge on any atom is 0.255 e. The minimum Gasteiger partial charge on any atom is -0.368 e. The molecule has 5 heteroatoms. The van der Waals surface area contributed by atoms with Crippen molar-refractivity contribution in [1.29, 1.82) is 0 Å². The third-order valence-electron chi connectivity index (χ3n) is 3.30. The van der Waals surface area contributed by atoms with E-state index in [0.717, 1.165) is 24.1 Å². The van der Waals surface area contributed by atoms with Gasteiger partial charge in [0.15, 0.2) is 5.13 Å². The maximum absolute atomic E-state index is 11.9. The average molecular weight is 288 g/mol. The van der Waals surface area contributed by atoms with Crippen LogP contribution >= 0.6 is 11.3 Å². The molecule has 1 aliphatic heterocycles. The Morgan fingerprint density at radius 1 is 1.40 bits per heavy atom. The molecule has 0 saturated carbocycles. The van der Waals surface area contributed by atoms with Crippen molar-refractivity contribution in [2.24, 2.45) is 0 Å². The number of aromatic nitrogens is 1. The summed E-state index contributed by atoms with van der Waals surface area (Å²) >= 11 is 1.44. The first-order valence-electron chi connectivity index (χ1n) is 6.67. The van der Waals surface area contributed by atoms with Gasteiger partial charge in [-0.3, -0.25) is 10.1 Å². The molecule has 1 aromatic heterocycles. The summed E-state index contributed by atoms with van der Waals surface area (Å²) in [6, 6.07) is 8.19. The fourth-order valence-electron chi connectivity index (χ4n) is 2.16. The van der Waals surface area contributed by atoms with E-state index in [2.05, 4.69) is 29.4 Å². The van der Waals surface area contributed by atoms with Gasteiger partial charge < -0.3 is 4.74 Å². The SMILES string of the molecule is Cc1ccc(-c2csc(NC(=O)[C@H]3CCCO3)n2)cc1. The van der Waals surface area contributed by atoms with Crippen LogP contribution in [0.15, 0.2) is 29.6 Å². The highest BCUT2D eigenvalue weighted by Gasteiger charge is 2.24. The van der Waals surface area contributed by atoms with Crippen molar-refractivity contribution in [3.8, 4) is 11.3 Å². The molecule has 0 radical (unpaired) electrons. The number of amides is 1. The number of ether oxygens (including phenoxy) is 1. The van der Waals surface area contributed by atoms with E-state index in [1.54, 1.807) is 0 Å². The zero-order valence-electron chi connectivity index (χ0n) is 11.3. The van der Waals surface area contributed by atoms with Crippen LogP contribution < -0.4 is 5.32 Å². The number of nitrogens with one attached hydrogen (secondary N) is 1. The van der Waals surface area contributed by atoms with Gasteiger partial charge >= 0.3 is 0 Å². The van der Waals surface area contributed by atoms with E-state index in [0.29, 0.717) is 11.7 Å². The standard InChI is InChI=1S/C15H16N2O2S/c1-10-4-6-11(7-5-10)12-9-20-15(16-12)17-14(18)13-3-2-8-19-13/h4-7,9,13H,2-3,8H2,1H3,(H,16,17,18)/t13-/m1/s1. The second kappa shape index (κ2) is 5.73. The highest BCUT2D eigenvalue weighted by molar-refractivity contribution is 7.14. The number of rotatable bonds is 3. The molecule has 0 bridgehead atoms. The lowest BCUT2D eigenvalue weighted by Crippen LogP contribution is -2.26. The lowest BCUT2D eigenvalue weighted by molar-refractivity contribution is -0.124. The quantitative estimate of drug-likeness (QED) is 0.943. The first kappa shape index (κ1) is 13.3. The fourth-order valence-corrected chi connectivity index (χ4v) is 2.88. The summed E-state index contributed by atoms with van der Waals surface area (Å²) < 4.78 is 5.36. The van der Waals surface area contributed by atoms with E-state index in [1.807, 2.05) is 17.5 Å². The van der Waals surface area contributed by atoms with Crippen molar-refractivity contribution in [3.05, 3.63) is 35.2 Å². The Morgan fingerprint density at radius 3 is 2.90 bits per heavy atom. The van der Waals surface area contributed by atoms with E-state index in [1.165, 1.54) is 16.9 Å². The molecule has 20 heavy (non-hydrogen) atoms. The van der Waals surface area contributed by atoms with Crippen LogP contribution in [0, 0.1) is 6.92 Å². The zero-order valence-corrected chi connectivity index (χ0v) is 12.1. The number of carbonyl (C=O) groups excluding carboxylic acids is 1. The fraction of sp³-hybridized carbons (Fsp3) is 0.333. The Kier molecular flexibility index (Phi) is 3.80. The van der Waals surface area contributed by atoms with Crippen LogP contribution in [0.1, 0.15) is 18.4 Å². The minimum absolute atomic E-state index is 0.0905. The van der Waals surface area contributed by atoms with Crippen molar-refractivity contribution in [3.63, 3.8) is 0 Å². The monoisotopic (exact) mass is 288 g/mol. The molecule has 1 amide bonds. The van der Waals surface area contributed by atoms with Gasteiger partial charge in [-0.15, -0.1) is 11.3 Å². The van der Waals surface area contributed by atoms with Crippen molar-refractivity contribution in [1.82, 2.24) is 4.98 Å². The zero-order chi connectivity index (χ0) is 13.9. The number of hydrogen-bond donors (Lipinski definition) is 1. The highest BCUT2D eigenvalue weighted by Crippen LogP contribution is 2.25. The van der Waals surface area contributed by atoms with Gasteiger partial charge in [0.2, 0.25) is 0 Å². The second-order valence-corrected chi connectivity index (χ2v) is 5.75. The van der Waals surface area contributed by atoms with E-state index >= 15 is 0 Å². The predicted octanol–water partition coefficient (Wildman–Crippen LogP) is 3.24. The summed E-state index contributed by atoms with van der Waals surface area (Å²) in [6.07, 6.45) is 1.42. The molecule has 0 aliphatic carbocycles. The Bertz CT molecular complexity index is 601. The van der Waals surface area contributed by atoms with Crippen molar-refractivity contribution >= 4 is 22.4 Å². The number of carbonyl (C=O) groups is 1. The summed E-state index contributed by atoms with van der Waals surface area (Å²) in [6.45, 7) is 2.72. The molecule has 3 rings (SSSR count). The maximum atomic E-state index is 11.9. The van der Waals surface area contributed by atoms with Gasteiger partial charge in [-0.2, -0.15) is 0 Å². The molecule has 2 heterocycles. The Labute approximate surface area is 121 Å². The molecule has 1 aliphatic rings. The molecule has 1 aromatic carbocycles. The number of anilines is 1. The Hall–Kier alpha value is -1.72. The molecule has 2 aromatic rings. The lowest BCUT2D eigenvalue weighted by atomic mass is 10.1. The van der Waals surface area contributed by atoms with Crippen molar-refractivity contribution in [2.75, 3.05) is 11.9 Å². The van der Waals surface area contributed by atoms with Crippen LogP contribution in [-0.4, -0.2) is 23.6 Å². The van der Waals surface area contributed by atoms with Crippen LogP contribution in [0.2, 0.25) is 0 Å².